The molecule has 2 aromatic rings. The van der Waals surface area contributed by atoms with E-state index in [-0.39, 0.29) is 23.8 Å². The van der Waals surface area contributed by atoms with Crippen LogP contribution in [0.1, 0.15) is 31.2 Å². The predicted octanol–water partition coefficient (Wildman–Crippen LogP) is 3.28. The molecule has 154 valence electrons. The van der Waals surface area contributed by atoms with E-state index in [4.69, 9.17) is 4.52 Å². The maximum atomic E-state index is 12.6. The Kier molecular flexibility index (Phi) is 5.94. The Morgan fingerprint density at radius 3 is 2.36 bits per heavy atom. The summed E-state index contributed by atoms with van der Waals surface area (Å²) in [6.45, 7) is 0.435. The molecule has 7 nitrogen and oxygen atoms in total. The molecular formula is C17H21F3N4O3S. The average molecular weight is 418 g/mol. The predicted molar refractivity (Wildman–Crippen MR) is 97.0 cm³/mol. The molecule has 0 bridgehead atoms. The molecule has 0 amide bonds. The number of nitrogens with one attached hydrogen (secondary N) is 2. The molecule has 1 aliphatic carbocycles. The summed E-state index contributed by atoms with van der Waals surface area (Å²) in [5.74, 6) is 0.500. The van der Waals surface area contributed by atoms with Crippen molar-refractivity contribution in [1.29, 1.82) is 0 Å². The Morgan fingerprint density at radius 1 is 1.14 bits per heavy atom. The lowest BCUT2D eigenvalue weighted by Gasteiger charge is -2.28. The first-order chi connectivity index (χ1) is 13.1. The van der Waals surface area contributed by atoms with Crippen molar-refractivity contribution in [1.82, 2.24) is 14.9 Å². The minimum absolute atomic E-state index is 0.121. The highest BCUT2D eigenvalue weighted by atomic mass is 32.2. The molecule has 0 aliphatic heterocycles. The molecule has 28 heavy (non-hydrogen) atoms. The van der Waals surface area contributed by atoms with Crippen molar-refractivity contribution in [2.75, 3.05) is 18.1 Å². The van der Waals surface area contributed by atoms with E-state index < -0.39 is 21.8 Å². The summed E-state index contributed by atoms with van der Waals surface area (Å²) in [6.07, 6.45) is 0.130. The summed E-state index contributed by atoms with van der Waals surface area (Å²) in [6, 6.07) is 4.90. The SMILES string of the molecule is CS(=O)(=O)NC[C@H]1CC[C@H](Nc2nc(-c3ccc(C(F)(F)F)cc3)no2)CC1. The number of halogens is 3. The van der Waals surface area contributed by atoms with Crippen molar-refractivity contribution >= 4 is 16.0 Å². The number of anilines is 1. The van der Waals surface area contributed by atoms with Gasteiger partial charge in [-0.25, -0.2) is 13.1 Å². The Morgan fingerprint density at radius 2 is 1.79 bits per heavy atom. The average Bonchev–Trinajstić information content (AvgIpc) is 3.08. The van der Waals surface area contributed by atoms with Crippen LogP contribution < -0.4 is 10.0 Å². The van der Waals surface area contributed by atoms with Gasteiger partial charge in [0.1, 0.15) is 0 Å². The van der Waals surface area contributed by atoms with Crippen molar-refractivity contribution in [2.45, 2.75) is 37.9 Å². The Bertz CT molecular complexity index is 889. The minimum atomic E-state index is -4.39. The van der Waals surface area contributed by atoms with Crippen molar-refractivity contribution in [3.05, 3.63) is 29.8 Å². The zero-order valence-electron chi connectivity index (χ0n) is 15.2. The minimum Gasteiger partial charge on any atom is -0.335 e. The molecule has 0 atom stereocenters. The third kappa shape index (κ3) is 5.68. The van der Waals surface area contributed by atoms with Crippen LogP contribution in [0.2, 0.25) is 0 Å². The molecule has 11 heteroatoms. The number of alkyl halides is 3. The van der Waals surface area contributed by atoms with Crippen LogP contribution in [0, 0.1) is 5.92 Å². The molecule has 0 radical (unpaired) electrons. The van der Waals surface area contributed by atoms with Gasteiger partial charge in [0.25, 0.3) is 0 Å². The third-order valence-electron chi connectivity index (χ3n) is 4.71. The van der Waals surface area contributed by atoms with E-state index in [0.29, 0.717) is 12.1 Å². The van der Waals surface area contributed by atoms with Gasteiger partial charge in [0.05, 0.1) is 11.8 Å². The summed E-state index contributed by atoms with van der Waals surface area (Å²) in [4.78, 5) is 4.19. The molecule has 1 fully saturated rings. The van der Waals surface area contributed by atoms with Gasteiger partial charge in [0, 0.05) is 18.2 Å². The number of nitrogens with zero attached hydrogens (tertiary/aromatic N) is 2. The van der Waals surface area contributed by atoms with E-state index in [2.05, 4.69) is 20.2 Å². The topological polar surface area (TPSA) is 97.1 Å². The smallest absolute Gasteiger partial charge is 0.335 e. The summed E-state index contributed by atoms with van der Waals surface area (Å²) < 4.78 is 67.9. The molecule has 1 aromatic carbocycles. The maximum absolute atomic E-state index is 12.6. The normalized spacial score (nSPS) is 20.9. The van der Waals surface area contributed by atoms with Gasteiger partial charge in [0.2, 0.25) is 15.8 Å². The molecule has 0 saturated heterocycles. The molecule has 1 aromatic heterocycles. The van der Waals surface area contributed by atoms with Crippen LogP contribution in [0.5, 0.6) is 0 Å². The summed E-state index contributed by atoms with van der Waals surface area (Å²) in [5.41, 5.74) is -0.305. The van der Waals surface area contributed by atoms with Crippen molar-refractivity contribution in [3.63, 3.8) is 0 Å². The Balaban J connectivity index is 1.53. The van der Waals surface area contributed by atoms with Crippen LogP contribution in [0.3, 0.4) is 0 Å². The molecular weight excluding hydrogens is 397 g/mol. The second-order valence-corrected chi connectivity index (χ2v) is 8.81. The van der Waals surface area contributed by atoms with Crippen LogP contribution in [-0.2, 0) is 16.2 Å². The van der Waals surface area contributed by atoms with Gasteiger partial charge in [0.15, 0.2) is 0 Å². The van der Waals surface area contributed by atoms with E-state index in [1.165, 1.54) is 12.1 Å². The fourth-order valence-electron chi connectivity index (χ4n) is 3.16. The first-order valence-corrected chi connectivity index (χ1v) is 10.7. The van der Waals surface area contributed by atoms with E-state index in [0.717, 1.165) is 44.1 Å². The van der Waals surface area contributed by atoms with Gasteiger partial charge in [-0.2, -0.15) is 18.2 Å². The quantitative estimate of drug-likeness (QED) is 0.747. The summed E-state index contributed by atoms with van der Waals surface area (Å²) in [5, 5.41) is 6.95. The second kappa shape index (κ2) is 8.08. The number of benzene rings is 1. The number of hydrogen-bond acceptors (Lipinski definition) is 6. The van der Waals surface area contributed by atoms with Gasteiger partial charge >= 0.3 is 12.2 Å². The van der Waals surface area contributed by atoms with E-state index >= 15 is 0 Å². The second-order valence-electron chi connectivity index (χ2n) is 6.98. The van der Waals surface area contributed by atoms with Gasteiger partial charge in [-0.3, -0.25) is 0 Å². The first kappa shape index (κ1) is 20.6. The van der Waals surface area contributed by atoms with E-state index in [1.54, 1.807) is 0 Å². The lowest BCUT2D eigenvalue weighted by molar-refractivity contribution is -0.137. The van der Waals surface area contributed by atoms with E-state index in [9.17, 15) is 21.6 Å². The number of rotatable bonds is 6. The summed E-state index contributed by atoms with van der Waals surface area (Å²) >= 11 is 0. The summed E-state index contributed by atoms with van der Waals surface area (Å²) in [7, 11) is -3.18. The van der Waals surface area contributed by atoms with Crippen LogP contribution in [0.25, 0.3) is 11.4 Å². The molecule has 1 heterocycles. The Labute approximate surface area is 160 Å². The zero-order chi connectivity index (χ0) is 20.4. The van der Waals surface area contributed by atoms with E-state index in [1.807, 2.05) is 0 Å². The Hall–Kier alpha value is -2.14. The number of sulfonamides is 1. The lowest BCUT2D eigenvalue weighted by atomic mass is 9.86. The lowest BCUT2D eigenvalue weighted by Crippen LogP contribution is -2.33. The highest BCUT2D eigenvalue weighted by Gasteiger charge is 2.30. The number of hydrogen-bond donors (Lipinski definition) is 2. The fourth-order valence-corrected chi connectivity index (χ4v) is 3.70. The van der Waals surface area contributed by atoms with Crippen LogP contribution in [0.4, 0.5) is 19.2 Å². The van der Waals surface area contributed by atoms with Crippen LogP contribution in [-0.4, -0.2) is 37.4 Å². The van der Waals surface area contributed by atoms with Crippen LogP contribution in [0.15, 0.2) is 28.8 Å². The molecule has 3 rings (SSSR count). The zero-order valence-corrected chi connectivity index (χ0v) is 16.0. The molecule has 2 N–H and O–H groups in total. The maximum Gasteiger partial charge on any atom is 0.416 e. The van der Waals surface area contributed by atoms with Crippen molar-refractivity contribution in [3.8, 4) is 11.4 Å². The number of aromatic nitrogens is 2. The van der Waals surface area contributed by atoms with Gasteiger partial charge in [-0.05, 0) is 43.7 Å². The van der Waals surface area contributed by atoms with Gasteiger partial charge in [-0.1, -0.05) is 17.3 Å². The molecule has 0 unspecified atom stereocenters. The van der Waals surface area contributed by atoms with Gasteiger partial charge < -0.3 is 9.84 Å². The highest BCUT2D eigenvalue weighted by Crippen LogP contribution is 2.31. The van der Waals surface area contributed by atoms with Gasteiger partial charge in [-0.15, -0.1) is 0 Å². The molecule has 1 saturated carbocycles. The van der Waals surface area contributed by atoms with Crippen molar-refractivity contribution < 1.29 is 26.1 Å². The first-order valence-electron chi connectivity index (χ1n) is 8.83. The fraction of sp³-hybridized carbons (Fsp3) is 0.529. The van der Waals surface area contributed by atoms with Crippen LogP contribution >= 0.6 is 0 Å². The monoisotopic (exact) mass is 418 g/mol. The molecule has 1 aliphatic rings. The molecule has 0 spiro atoms. The largest absolute Gasteiger partial charge is 0.416 e. The standard InChI is InChI=1S/C17H21F3N4O3S/c1-28(25,26)21-10-11-2-8-14(9-3-11)22-16-23-15(24-27-16)12-4-6-13(7-5-12)17(18,19)20/h4-7,11,14,21H,2-3,8-10H2,1H3,(H,22,23,24)/t11-,14-. The van der Waals surface area contributed by atoms with Crippen molar-refractivity contribution in [2.24, 2.45) is 5.92 Å². The third-order valence-corrected chi connectivity index (χ3v) is 5.40. The highest BCUT2D eigenvalue weighted by molar-refractivity contribution is 7.88.